The first-order chi connectivity index (χ1) is 14.1. The first-order valence-electron chi connectivity index (χ1n) is 10.4. The van der Waals surface area contributed by atoms with Crippen LogP contribution < -0.4 is 5.32 Å². The molecule has 0 spiro atoms. The second kappa shape index (κ2) is 10.1. The summed E-state index contributed by atoms with van der Waals surface area (Å²) in [4.78, 5) is 21.0. The van der Waals surface area contributed by atoms with E-state index in [1.165, 1.54) is 11.3 Å². The fourth-order valence-electron chi connectivity index (χ4n) is 3.96. The van der Waals surface area contributed by atoms with Crippen LogP contribution in [0.1, 0.15) is 24.1 Å². The number of hydrogen-bond acceptors (Lipinski definition) is 2. The molecule has 1 fully saturated rings. The van der Waals surface area contributed by atoms with E-state index in [4.69, 9.17) is 0 Å². The summed E-state index contributed by atoms with van der Waals surface area (Å²) in [7, 11) is 5.77. The second-order valence-electron chi connectivity index (χ2n) is 7.88. The lowest BCUT2D eigenvalue weighted by Crippen LogP contribution is -2.47. The van der Waals surface area contributed by atoms with Gasteiger partial charge in [0.05, 0.1) is 13.1 Å². The molecule has 1 amide bonds. The van der Waals surface area contributed by atoms with E-state index in [2.05, 4.69) is 51.3 Å². The van der Waals surface area contributed by atoms with Gasteiger partial charge in [-0.15, -0.1) is 0 Å². The number of rotatable bonds is 6. The van der Waals surface area contributed by atoms with Gasteiger partial charge in [0, 0.05) is 46.1 Å². The third-order valence-corrected chi connectivity index (χ3v) is 5.76. The molecule has 6 nitrogen and oxygen atoms in total. The number of amides is 1. The van der Waals surface area contributed by atoms with Crippen LogP contribution >= 0.6 is 0 Å². The molecule has 3 rings (SSSR count). The molecule has 1 saturated heterocycles. The highest BCUT2D eigenvalue weighted by Crippen LogP contribution is 2.21. The molecule has 0 atom stereocenters. The third kappa shape index (κ3) is 5.86. The van der Waals surface area contributed by atoms with Crippen LogP contribution in [0.15, 0.2) is 53.7 Å². The zero-order chi connectivity index (χ0) is 20.6. The van der Waals surface area contributed by atoms with E-state index in [1.807, 2.05) is 36.2 Å². The SMILES string of the molecule is CN=C(NCC(=O)N1CCC(Cc2ccccc2)CC1)N(C)Cc1cccn1C. The van der Waals surface area contributed by atoms with Crippen molar-refractivity contribution in [3.05, 3.63) is 59.9 Å². The predicted molar refractivity (Wildman–Crippen MR) is 118 cm³/mol. The normalized spacial score (nSPS) is 15.4. The highest BCUT2D eigenvalue weighted by molar-refractivity contribution is 5.86. The number of aliphatic imine (C=N–C) groups is 1. The molecule has 0 radical (unpaired) electrons. The van der Waals surface area contributed by atoms with Crippen LogP contribution in [0.25, 0.3) is 0 Å². The summed E-state index contributed by atoms with van der Waals surface area (Å²) in [5.74, 6) is 1.55. The number of nitrogens with one attached hydrogen (secondary N) is 1. The number of hydrogen-bond donors (Lipinski definition) is 1. The Morgan fingerprint density at radius 2 is 1.90 bits per heavy atom. The third-order valence-electron chi connectivity index (χ3n) is 5.76. The van der Waals surface area contributed by atoms with Crippen molar-refractivity contribution in [1.82, 2.24) is 19.7 Å². The van der Waals surface area contributed by atoms with Crippen LogP contribution in [-0.2, 0) is 24.8 Å². The second-order valence-corrected chi connectivity index (χ2v) is 7.88. The summed E-state index contributed by atoms with van der Waals surface area (Å²) in [5, 5.41) is 3.22. The molecule has 0 unspecified atom stereocenters. The number of benzene rings is 1. The average Bonchev–Trinajstić information content (AvgIpc) is 3.14. The number of nitrogens with zero attached hydrogens (tertiary/aromatic N) is 4. The Morgan fingerprint density at radius 1 is 1.17 bits per heavy atom. The number of aromatic nitrogens is 1. The van der Waals surface area contributed by atoms with Crippen LogP contribution in [-0.4, -0.2) is 60.0 Å². The van der Waals surface area contributed by atoms with Crippen LogP contribution in [0.3, 0.4) is 0 Å². The maximum atomic E-state index is 12.7. The number of piperidine rings is 1. The van der Waals surface area contributed by atoms with Crippen LogP contribution in [0.2, 0.25) is 0 Å². The van der Waals surface area contributed by atoms with Gasteiger partial charge >= 0.3 is 0 Å². The van der Waals surface area contributed by atoms with E-state index in [9.17, 15) is 4.79 Å². The first-order valence-corrected chi connectivity index (χ1v) is 10.4. The minimum absolute atomic E-state index is 0.150. The van der Waals surface area contributed by atoms with Gasteiger partial charge in [-0.2, -0.15) is 0 Å². The summed E-state index contributed by atoms with van der Waals surface area (Å²) in [6, 6.07) is 14.8. The van der Waals surface area contributed by atoms with Gasteiger partial charge in [0.15, 0.2) is 5.96 Å². The lowest BCUT2D eigenvalue weighted by atomic mass is 9.90. The molecule has 0 bridgehead atoms. The summed E-state index contributed by atoms with van der Waals surface area (Å²) >= 11 is 0. The quantitative estimate of drug-likeness (QED) is 0.604. The number of likely N-dealkylation sites (tertiary alicyclic amines) is 1. The molecule has 1 aromatic heterocycles. The van der Waals surface area contributed by atoms with Gasteiger partial charge in [-0.05, 0) is 42.9 Å². The highest BCUT2D eigenvalue weighted by Gasteiger charge is 2.23. The Balaban J connectivity index is 1.42. The Morgan fingerprint density at radius 3 is 2.52 bits per heavy atom. The van der Waals surface area contributed by atoms with Gasteiger partial charge in [-0.3, -0.25) is 9.79 Å². The molecule has 1 aromatic carbocycles. The van der Waals surface area contributed by atoms with Crippen molar-refractivity contribution >= 4 is 11.9 Å². The molecule has 1 N–H and O–H groups in total. The number of guanidine groups is 1. The molecular weight excluding hydrogens is 362 g/mol. The Bertz CT molecular complexity index is 806. The van der Waals surface area contributed by atoms with E-state index in [0.717, 1.165) is 44.9 Å². The van der Waals surface area contributed by atoms with E-state index >= 15 is 0 Å². The molecule has 29 heavy (non-hydrogen) atoms. The molecule has 6 heteroatoms. The van der Waals surface area contributed by atoms with Gasteiger partial charge in [0.2, 0.25) is 5.91 Å². The van der Waals surface area contributed by atoms with Gasteiger partial charge < -0.3 is 19.7 Å². The molecule has 156 valence electrons. The standard InChI is InChI=1S/C23H33N5O/c1-24-23(27(3)18-21-10-7-13-26(21)2)25-17-22(29)28-14-11-20(12-15-28)16-19-8-5-4-6-9-19/h4-10,13,20H,11-12,14-18H2,1-3H3,(H,24,25). The largest absolute Gasteiger partial charge is 0.353 e. The van der Waals surface area contributed by atoms with E-state index in [1.54, 1.807) is 7.05 Å². The minimum atomic E-state index is 0.150. The predicted octanol–water partition coefficient (Wildman–Crippen LogP) is 2.51. The molecule has 0 aliphatic carbocycles. The maximum absolute atomic E-state index is 12.7. The van der Waals surface area contributed by atoms with E-state index < -0.39 is 0 Å². The monoisotopic (exact) mass is 395 g/mol. The van der Waals surface area contributed by atoms with Crippen LogP contribution in [0.5, 0.6) is 0 Å². The smallest absolute Gasteiger partial charge is 0.241 e. The molecule has 0 saturated carbocycles. The van der Waals surface area contributed by atoms with Gasteiger partial charge in [-0.1, -0.05) is 30.3 Å². The lowest BCUT2D eigenvalue weighted by molar-refractivity contribution is -0.131. The zero-order valence-electron chi connectivity index (χ0n) is 17.8. The molecule has 2 aromatic rings. The minimum Gasteiger partial charge on any atom is -0.353 e. The maximum Gasteiger partial charge on any atom is 0.241 e. The summed E-state index contributed by atoms with van der Waals surface area (Å²) in [5.41, 5.74) is 2.59. The van der Waals surface area contributed by atoms with Crippen LogP contribution in [0.4, 0.5) is 0 Å². The Kier molecular flexibility index (Phi) is 7.33. The Hall–Kier alpha value is -2.76. The zero-order valence-corrected chi connectivity index (χ0v) is 17.8. The van der Waals surface area contributed by atoms with E-state index in [0.29, 0.717) is 5.92 Å². The van der Waals surface area contributed by atoms with Gasteiger partial charge in [-0.25, -0.2) is 0 Å². The van der Waals surface area contributed by atoms with Gasteiger partial charge in [0.25, 0.3) is 0 Å². The topological polar surface area (TPSA) is 52.9 Å². The van der Waals surface area contributed by atoms with Crippen molar-refractivity contribution < 1.29 is 4.79 Å². The van der Waals surface area contributed by atoms with Crippen molar-refractivity contribution in [1.29, 1.82) is 0 Å². The van der Waals surface area contributed by atoms with Crippen molar-refractivity contribution in [2.24, 2.45) is 18.0 Å². The molecule has 1 aliphatic heterocycles. The number of carbonyl (C=O) groups excluding carboxylic acids is 1. The van der Waals surface area contributed by atoms with E-state index in [-0.39, 0.29) is 12.5 Å². The van der Waals surface area contributed by atoms with Crippen molar-refractivity contribution in [2.75, 3.05) is 33.7 Å². The summed E-state index contributed by atoms with van der Waals surface area (Å²) < 4.78 is 2.09. The van der Waals surface area contributed by atoms with Crippen molar-refractivity contribution in [2.45, 2.75) is 25.8 Å². The van der Waals surface area contributed by atoms with Crippen molar-refractivity contribution in [3.63, 3.8) is 0 Å². The van der Waals surface area contributed by atoms with Crippen molar-refractivity contribution in [3.8, 4) is 0 Å². The average molecular weight is 396 g/mol. The van der Waals surface area contributed by atoms with Gasteiger partial charge in [0.1, 0.15) is 0 Å². The molecule has 1 aliphatic rings. The Labute approximate surface area is 174 Å². The molecule has 2 heterocycles. The number of carbonyl (C=O) groups is 1. The lowest BCUT2D eigenvalue weighted by Gasteiger charge is -2.32. The summed E-state index contributed by atoms with van der Waals surface area (Å²) in [6.07, 6.45) is 5.29. The fraction of sp³-hybridized carbons (Fsp3) is 0.478. The molecular formula is C23H33N5O. The van der Waals surface area contributed by atoms with Crippen LogP contribution in [0, 0.1) is 5.92 Å². The number of aryl methyl sites for hydroxylation is 1. The highest BCUT2D eigenvalue weighted by atomic mass is 16.2. The summed E-state index contributed by atoms with van der Waals surface area (Å²) in [6.45, 7) is 2.71. The fourth-order valence-corrected chi connectivity index (χ4v) is 3.96. The first kappa shape index (κ1) is 21.0.